The van der Waals surface area contributed by atoms with Gasteiger partial charge in [-0.25, -0.2) is 4.98 Å². The Balaban J connectivity index is 2.64. The topological polar surface area (TPSA) is 42.2 Å². The van der Waals surface area contributed by atoms with Gasteiger partial charge in [0.25, 0.3) is 0 Å². The van der Waals surface area contributed by atoms with Crippen LogP contribution in [0.15, 0.2) is 0 Å². The molecule has 0 saturated carbocycles. The second-order valence-electron chi connectivity index (χ2n) is 3.86. The molecule has 0 aromatic carbocycles. The molecule has 0 saturated heterocycles. The van der Waals surface area contributed by atoms with Crippen LogP contribution < -0.4 is 10.6 Å². The van der Waals surface area contributed by atoms with Crippen molar-refractivity contribution in [3.05, 3.63) is 10.6 Å². The van der Waals surface area contributed by atoms with Crippen LogP contribution in [0.2, 0.25) is 0 Å². The first-order valence-electron chi connectivity index (χ1n) is 4.89. The number of rotatable bonds is 4. The fraction of sp³-hybridized carbons (Fsp3) is 0.700. The fourth-order valence-electron chi connectivity index (χ4n) is 1.24. The molecule has 2 N–H and O–H groups in total. The third kappa shape index (κ3) is 2.69. The highest BCUT2D eigenvalue weighted by atomic mass is 32.1. The summed E-state index contributed by atoms with van der Waals surface area (Å²) in [5, 5.41) is 1.10. The van der Waals surface area contributed by atoms with Crippen LogP contribution in [0.1, 0.15) is 17.5 Å². The Labute approximate surface area is 89.9 Å². The number of aryl methyl sites for hydroxylation is 2. The van der Waals surface area contributed by atoms with Gasteiger partial charge in [0.1, 0.15) is 0 Å². The molecule has 0 spiro atoms. The minimum absolute atomic E-state index is 0.518. The summed E-state index contributed by atoms with van der Waals surface area (Å²) in [6, 6.07) is 0. The number of nitrogens with two attached hydrogens (primary N) is 1. The number of hydrogen-bond acceptors (Lipinski definition) is 4. The highest BCUT2D eigenvalue weighted by molar-refractivity contribution is 7.15. The quantitative estimate of drug-likeness (QED) is 0.829. The maximum absolute atomic E-state index is 5.59. The Kier molecular flexibility index (Phi) is 3.89. The molecule has 0 fully saturated rings. The summed E-state index contributed by atoms with van der Waals surface area (Å²) in [5.74, 6) is 0.518. The van der Waals surface area contributed by atoms with Crippen LogP contribution in [0.25, 0.3) is 0 Å². The zero-order valence-electron chi connectivity index (χ0n) is 9.37. The van der Waals surface area contributed by atoms with Crippen molar-refractivity contribution in [3.8, 4) is 0 Å². The Morgan fingerprint density at radius 2 is 2.14 bits per heavy atom. The van der Waals surface area contributed by atoms with Crippen molar-refractivity contribution in [2.45, 2.75) is 20.8 Å². The lowest BCUT2D eigenvalue weighted by molar-refractivity contribution is 0.589. The van der Waals surface area contributed by atoms with Gasteiger partial charge in [-0.15, -0.1) is 11.3 Å². The standard InChI is InChI=1S/C10H19N3S/c1-7(5-11)6-13(4)10-12-8(2)9(3)14-10/h7H,5-6,11H2,1-4H3. The molecule has 1 atom stereocenters. The number of thiazole rings is 1. The van der Waals surface area contributed by atoms with Crippen LogP contribution in [0.3, 0.4) is 0 Å². The van der Waals surface area contributed by atoms with Gasteiger partial charge in [-0.05, 0) is 26.3 Å². The minimum atomic E-state index is 0.518. The smallest absolute Gasteiger partial charge is 0.185 e. The van der Waals surface area contributed by atoms with E-state index in [0.29, 0.717) is 5.92 Å². The van der Waals surface area contributed by atoms with E-state index in [-0.39, 0.29) is 0 Å². The summed E-state index contributed by atoms with van der Waals surface area (Å²) in [4.78, 5) is 7.98. The zero-order chi connectivity index (χ0) is 10.7. The lowest BCUT2D eigenvalue weighted by Crippen LogP contribution is -2.28. The van der Waals surface area contributed by atoms with Gasteiger partial charge in [-0.3, -0.25) is 0 Å². The van der Waals surface area contributed by atoms with Crippen LogP contribution in [-0.2, 0) is 0 Å². The van der Waals surface area contributed by atoms with Gasteiger partial charge in [0.15, 0.2) is 5.13 Å². The normalized spacial score (nSPS) is 12.9. The second-order valence-corrected chi connectivity index (χ2v) is 5.04. The summed E-state index contributed by atoms with van der Waals surface area (Å²) >= 11 is 1.75. The summed E-state index contributed by atoms with van der Waals surface area (Å²) in [6.07, 6.45) is 0. The number of aromatic nitrogens is 1. The molecule has 1 heterocycles. The van der Waals surface area contributed by atoms with E-state index in [1.165, 1.54) is 4.88 Å². The van der Waals surface area contributed by atoms with Crippen molar-refractivity contribution in [2.24, 2.45) is 11.7 Å². The van der Waals surface area contributed by atoms with Crippen molar-refractivity contribution in [1.82, 2.24) is 4.98 Å². The molecule has 0 aliphatic carbocycles. The van der Waals surface area contributed by atoms with Gasteiger partial charge in [0.05, 0.1) is 5.69 Å². The molecule has 0 bridgehead atoms. The molecule has 1 aromatic heterocycles. The molecule has 14 heavy (non-hydrogen) atoms. The van der Waals surface area contributed by atoms with Gasteiger partial charge < -0.3 is 10.6 Å². The first kappa shape index (κ1) is 11.5. The summed E-state index contributed by atoms with van der Waals surface area (Å²) < 4.78 is 0. The minimum Gasteiger partial charge on any atom is -0.351 e. The van der Waals surface area contributed by atoms with Gasteiger partial charge in [0, 0.05) is 18.5 Å². The molecule has 80 valence electrons. The summed E-state index contributed by atoms with van der Waals surface area (Å²) in [6.45, 7) is 8.02. The lowest BCUT2D eigenvalue weighted by atomic mass is 10.2. The average molecular weight is 213 g/mol. The molecule has 4 heteroatoms. The molecular weight excluding hydrogens is 194 g/mol. The van der Waals surface area contributed by atoms with Crippen molar-refractivity contribution < 1.29 is 0 Å². The van der Waals surface area contributed by atoms with E-state index < -0.39 is 0 Å². The molecule has 1 rings (SSSR count). The molecular formula is C10H19N3S. The highest BCUT2D eigenvalue weighted by Crippen LogP contribution is 2.24. The monoisotopic (exact) mass is 213 g/mol. The van der Waals surface area contributed by atoms with Crippen LogP contribution in [0, 0.1) is 19.8 Å². The maximum atomic E-state index is 5.59. The number of nitrogens with zero attached hydrogens (tertiary/aromatic N) is 2. The number of hydrogen-bond donors (Lipinski definition) is 1. The van der Waals surface area contributed by atoms with Crippen molar-refractivity contribution in [2.75, 3.05) is 25.0 Å². The Morgan fingerprint density at radius 1 is 1.50 bits per heavy atom. The highest BCUT2D eigenvalue weighted by Gasteiger charge is 2.10. The average Bonchev–Trinajstić information content (AvgIpc) is 2.47. The zero-order valence-corrected chi connectivity index (χ0v) is 10.2. The van der Waals surface area contributed by atoms with E-state index in [1.807, 2.05) is 0 Å². The lowest BCUT2D eigenvalue weighted by Gasteiger charge is -2.19. The maximum Gasteiger partial charge on any atom is 0.185 e. The van der Waals surface area contributed by atoms with Crippen molar-refractivity contribution in [1.29, 1.82) is 0 Å². The third-order valence-electron chi connectivity index (χ3n) is 2.33. The Hall–Kier alpha value is -0.610. The summed E-state index contributed by atoms with van der Waals surface area (Å²) in [5.41, 5.74) is 6.73. The van der Waals surface area contributed by atoms with E-state index in [1.54, 1.807) is 11.3 Å². The predicted molar refractivity (Wildman–Crippen MR) is 63.1 cm³/mol. The molecule has 1 aromatic rings. The van der Waals surface area contributed by atoms with E-state index in [2.05, 4.69) is 37.7 Å². The fourth-order valence-corrected chi connectivity index (χ4v) is 2.12. The van der Waals surface area contributed by atoms with Crippen LogP contribution in [-0.4, -0.2) is 25.1 Å². The second kappa shape index (κ2) is 4.75. The molecule has 0 radical (unpaired) electrons. The third-order valence-corrected chi connectivity index (χ3v) is 3.52. The largest absolute Gasteiger partial charge is 0.351 e. The van der Waals surface area contributed by atoms with Gasteiger partial charge >= 0.3 is 0 Å². The molecule has 1 unspecified atom stereocenters. The molecule has 0 aliphatic heterocycles. The van der Waals surface area contributed by atoms with E-state index in [4.69, 9.17) is 5.73 Å². The molecule has 3 nitrogen and oxygen atoms in total. The predicted octanol–water partition coefficient (Wildman–Crippen LogP) is 1.79. The van der Waals surface area contributed by atoms with E-state index in [0.717, 1.165) is 23.9 Å². The number of anilines is 1. The first-order chi connectivity index (χ1) is 6.54. The van der Waals surface area contributed by atoms with E-state index in [9.17, 15) is 0 Å². The SMILES string of the molecule is Cc1nc(N(C)CC(C)CN)sc1C. The van der Waals surface area contributed by atoms with Crippen LogP contribution >= 0.6 is 11.3 Å². The van der Waals surface area contributed by atoms with Gasteiger partial charge in [-0.1, -0.05) is 6.92 Å². The van der Waals surface area contributed by atoms with Crippen LogP contribution in [0.5, 0.6) is 0 Å². The Morgan fingerprint density at radius 3 is 2.57 bits per heavy atom. The molecule has 0 amide bonds. The van der Waals surface area contributed by atoms with E-state index >= 15 is 0 Å². The first-order valence-corrected chi connectivity index (χ1v) is 5.71. The Bertz CT molecular complexity index is 276. The van der Waals surface area contributed by atoms with Crippen LogP contribution in [0.4, 0.5) is 5.13 Å². The van der Waals surface area contributed by atoms with Gasteiger partial charge in [-0.2, -0.15) is 0 Å². The van der Waals surface area contributed by atoms with Crippen molar-refractivity contribution in [3.63, 3.8) is 0 Å². The van der Waals surface area contributed by atoms with Gasteiger partial charge in [0.2, 0.25) is 0 Å². The molecule has 0 aliphatic rings. The van der Waals surface area contributed by atoms with Crippen molar-refractivity contribution >= 4 is 16.5 Å². The summed E-state index contributed by atoms with van der Waals surface area (Å²) in [7, 11) is 2.07.